The van der Waals surface area contributed by atoms with E-state index in [1.807, 2.05) is 41.8 Å². The number of hydrogen-bond acceptors (Lipinski definition) is 4. The lowest BCUT2D eigenvalue weighted by molar-refractivity contribution is -0.119. The Morgan fingerprint density at radius 3 is 2.68 bits per heavy atom. The minimum absolute atomic E-state index is 0.0107. The van der Waals surface area contributed by atoms with E-state index in [0.717, 1.165) is 45.0 Å². The summed E-state index contributed by atoms with van der Waals surface area (Å²) in [6, 6.07) is 5.83. The summed E-state index contributed by atoms with van der Waals surface area (Å²) in [5.74, 6) is 0.485. The molecule has 31 heavy (non-hydrogen) atoms. The number of rotatable bonds is 3. The first-order valence-electron chi connectivity index (χ1n) is 10.9. The Balaban J connectivity index is 1.50. The van der Waals surface area contributed by atoms with Gasteiger partial charge in [0.05, 0.1) is 12.1 Å². The molecule has 5 rings (SSSR count). The monoisotopic (exact) mass is 437 g/mol. The van der Waals surface area contributed by atoms with E-state index in [1.54, 1.807) is 7.05 Å². The number of carbonyl (C=O) groups excluding carboxylic acids is 3. The van der Waals surface area contributed by atoms with E-state index in [9.17, 15) is 14.4 Å². The largest absolute Gasteiger partial charge is 0.333 e. The molecule has 1 aromatic heterocycles. The molecule has 0 N–H and O–H groups in total. The van der Waals surface area contributed by atoms with Crippen molar-refractivity contribution in [2.45, 2.75) is 39.7 Å². The van der Waals surface area contributed by atoms with Crippen LogP contribution in [0.3, 0.4) is 0 Å². The number of nitrogens with zero attached hydrogens (tertiary/aromatic N) is 3. The molecule has 1 fully saturated rings. The van der Waals surface area contributed by atoms with Crippen molar-refractivity contribution >= 4 is 34.1 Å². The zero-order chi connectivity index (χ0) is 21.9. The summed E-state index contributed by atoms with van der Waals surface area (Å²) in [6.07, 6.45) is 2.93. The standard InChI is InChI=1S/C24H27N3O3S/c1-14-5-4-6-17(15(14)2)22(29)26-10-9-18-19(12-26)31-24-21(18)23(30)25(3)13-20(28)27(24)11-16-7-8-16/h4-6,16H,7-13H2,1-3H3. The van der Waals surface area contributed by atoms with Gasteiger partial charge in [-0.3, -0.25) is 14.4 Å². The summed E-state index contributed by atoms with van der Waals surface area (Å²) in [5, 5.41) is 0.789. The van der Waals surface area contributed by atoms with E-state index in [0.29, 0.717) is 37.5 Å². The highest BCUT2D eigenvalue weighted by Gasteiger charge is 2.39. The Labute approximate surface area is 186 Å². The summed E-state index contributed by atoms with van der Waals surface area (Å²) < 4.78 is 0. The molecule has 0 saturated heterocycles. The number of aryl methyl sites for hydroxylation is 1. The third-order valence-electron chi connectivity index (χ3n) is 6.78. The summed E-state index contributed by atoms with van der Waals surface area (Å²) >= 11 is 1.53. The number of benzene rings is 1. The topological polar surface area (TPSA) is 60.9 Å². The first kappa shape index (κ1) is 20.2. The molecule has 162 valence electrons. The van der Waals surface area contributed by atoms with Gasteiger partial charge in [0.15, 0.2) is 0 Å². The summed E-state index contributed by atoms with van der Waals surface area (Å²) in [6.45, 7) is 5.89. The normalized spacial score (nSPS) is 18.7. The van der Waals surface area contributed by atoms with Gasteiger partial charge in [-0.15, -0.1) is 11.3 Å². The van der Waals surface area contributed by atoms with Crippen molar-refractivity contribution in [3.63, 3.8) is 0 Å². The second kappa shape index (κ2) is 7.48. The van der Waals surface area contributed by atoms with E-state index >= 15 is 0 Å². The van der Waals surface area contributed by atoms with E-state index < -0.39 is 0 Å². The van der Waals surface area contributed by atoms with Crippen LogP contribution in [-0.2, 0) is 17.8 Å². The molecule has 0 unspecified atom stereocenters. The van der Waals surface area contributed by atoms with Gasteiger partial charge in [0.25, 0.3) is 11.8 Å². The number of fused-ring (bicyclic) bond motifs is 3. The van der Waals surface area contributed by atoms with Crippen LogP contribution < -0.4 is 4.90 Å². The van der Waals surface area contributed by atoms with Crippen molar-refractivity contribution in [1.82, 2.24) is 9.80 Å². The van der Waals surface area contributed by atoms with Crippen molar-refractivity contribution in [1.29, 1.82) is 0 Å². The molecule has 0 radical (unpaired) electrons. The van der Waals surface area contributed by atoms with E-state index in [1.165, 1.54) is 16.2 Å². The molecule has 1 saturated carbocycles. The van der Waals surface area contributed by atoms with E-state index in [4.69, 9.17) is 0 Å². The lowest BCUT2D eigenvalue weighted by Gasteiger charge is -2.28. The van der Waals surface area contributed by atoms with Crippen LogP contribution in [0.15, 0.2) is 18.2 Å². The van der Waals surface area contributed by atoms with Crippen LogP contribution in [0, 0.1) is 19.8 Å². The number of hydrogen-bond donors (Lipinski definition) is 0. The second-order valence-electron chi connectivity index (χ2n) is 9.02. The van der Waals surface area contributed by atoms with Gasteiger partial charge in [0.2, 0.25) is 5.91 Å². The number of likely N-dealkylation sites (N-methyl/N-ethyl adjacent to an activating group) is 1. The predicted octanol–water partition coefficient (Wildman–Crippen LogP) is 3.39. The zero-order valence-electron chi connectivity index (χ0n) is 18.2. The van der Waals surface area contributed by atoms with Gasteiger partial charge in [0, 0.05) is 30.6 Å². The molecule has 2 aromatic rings. The molecule has 0 bridgehead atoms. The molecular formula is C24H27N3O3S. The molecule has 7 heteroatoms. The van der Waals surface area contributed by atoms with Crippen LogP contribution in [0.1, 0.15) is 55.1 Å². The minimum Gasteiger partial charge on any atom is -0.333 e. The van der Waals surface area contributed by atoms with Crippen LogP contribution >= 0.6 is 11.3 Å². The molecule has 1 aliphatic carbocycles. The lowest BCUT2D eigenvalue weighted by Crippen LogP contribution is -2.39. The fraction of sp³-hybridized carbons (Fsp3) is 0.458. The Morgan fingerprint density at radius 1 is 1.16 bits per heavy atom. The maximum absolute atomic E-state index is 13.3. The number of amides is 3. The Morgan fingerprint density at radius 2 is 1.94 bits per heavy atom. The molecule has 1 aromatic carbocycles. The summed E-state index contributed by atoms with van der Waals surface area (Å²) in [5.41, 5.74) is 4.57. The highest BCUT2D eigenvalue weighted by Crippen LogP contribution is 2.43. The second-order valence-corrected chi connectivity index (χ2v) is 10.1. The quantitative estimate of drug-likeness (QED) is 0.740. The average molecular weight is 438 g/mol. The van der Waals surface area contributed by atoms with Gasteiger partial charge in [-0.1, -0.05) is 12.1 Å². The molecule has 2 aliphatic heterocycles. The van der Waals surface area contributed by atoms with Gasteiger partial charge >= 0.3 is 0 Å². The number of anilines is 1. The van der Waals surface area contributed by atoms with Crippen molar-refractivity contribution in [2.24, 2.45) is 5.92 Å². The maximum Gasteiger partial charge on any atom is 0.257 e. The smallest absolute Gasteiger partial charge is 0.257 e. The van der Waals surface area contributed by atoms with Crippen molar-refractivity contribution in [3.05, 3.63) is 50.9 Å². The molecule has 3 heterocycles. The Kier molecular flexibility index (Phi) is 4.88. The van der Waals surface area contributed by atoms with E-state index in [-0.39, 0.29) is 24.3 Å². The predicted molar refractivity (Wildman–Crippen MR) is 121 cm³/mol. The van der Waals surface area contributed by atoms with Crippen molar-refractivity contribution in [3.8, 4) is 0 Å². The van der Waals surface area contributed by atoms with Crippen molar-refractivity contribution < 1.29 is 14.4 Å². The lowest BCUT2D eigenvalue weighted by atomic mass is 9.99. The Bertz CT molecular complexity index is 1100. The van der Waals surface area contributed by atoms with Crippen LogP contribution in [0.4, 0.5) is 5.00 Å². The number of thiophene rings is 1. The van der Waals surface area contributed by atoms with Crippen molar-refractivity contribution in [2.75, 3.05) is 31.6 Å². The highest BCUT2D eigenvalue weighted by atomic mass is 32.1. The first-order chi connectivity index (χ1) is 14.8. The highest BCUT2D eigenvalue weighted by molar-refractivity contribution is 7.17. The Hall–Kier alpha value is -2.67. The van der Waals surface area contributed by atoms with Gasteiger partial charge in [-0.25, -0.2) is 0 Å². The van der Waals surface area contributed by atoms with Gasteiger partial charge in [-0.05, 0) is 61.8 Å². The van der Waals surface area contributed by atoms with Crippen LogP contribution in [-0.4, -0.2) is 54.2 Å². The molecular weight excluding hydrogens is 410 g/mol. The van der Waals surface area contributed by atoms with E-state index in [2.05, 4.69) is 0 Å². The molecule has 6 nitrogen and oxygen atoms in total. The molecule has 3 amide bonds. The summed E-state index contributed by atoms with van der Waals surface area (Å²) in [4.78, 5) is 45.6. The van der Waals surface area contributed by atoms with Crippen LogP contribution in [0.5, 0.6) is 0 Å². The zero-order valence-corrected chi connectivity index (χ0v) is 19.1. The van der Waals surface area contributed by atoms with Crippen LogP contribution in [0.25, 0.3) is 0 Å². The van der Waals surface area contributed by atoms with Gasteiger partial charge < -0.3 is 14.7 Å². The SMILES string of the molecule is Cc1cccc(C(=O)N2CCc3c(sc4c3C(=O)N(C)CC(=O)N4CC3CC3)C2)c1C. The maximum atomic E-state index is 13.3. The summed E-state index contributed by atoms with van der Waals surface area (Å²) in [7, 11) is 1.70. The minimum atomic E-state index is -0.0755. The third-order valence-corrected chi connectivity index (χ3v) is 8.02. The van der Waals surface area contributed by atoms with Gasteiger partial charge in [0.1, 0.15) is 11.5 Å². The molecule has 0 spiro atoms. The first-order valence-corrected chi connectivity index (χ1v) is 11.7. The number of carbonyl (C=O) groups is 3. The van der Waals surface area contributed by atoms with Crippen LogP contribution in [0.2, 0.25) is 0 Å². The fourth-order valence-electron chi connectivity index (χ4n) is 4.53. The average Bonchev–Trinajstić information content (AvgIpc) is 3.51. The fourth-order valence-corrected chi connectivity index (χ4v) is 5.91. The van der Waals surface area contributed by atoms with Gasteiger partial charge in [-0.2, -0.15) is 0 Å². The molecule has 3 aliphatic rings. The molecule has 0 atom stereocenters. The third kappa shape index (κ3) is 3.45.